The summed E-state index contributed by atoms with van der Waals surface area (Å²) in [5.74, 6) is 1.15. The Balaban J connectivity index is 1.25. The zero-order valence-electron chi connectivity index (χ0n) is 23.2. The van der Waals surface area contributed by atoms with Crippen molar-refractivity contribution in [3.05, 3.63) is 53.3 Å². The van der Waals surface area contributed by atoms with Crippen LogP contribution in [0.5, 0.6) is 5.75 Å². The maximum atomic E-state index is 12.7. The number of thiazole rings is 1. The Kier molecular flexibility index (Phi) is 7.62. The maximum Gasteiger partial charge on any atom is 0.263 e. The molecule has 0 atom stereocenters. The summed E-state index contributed by atoms with van der Waals surface area (Å²) in [6, 6.07) is 6.17. The van der Waals surface area contributed by atoms with Crippen LogP contribution >= 0.6 is 11.3 Å². The van der Waals surface area contributed by atoms with Gasteiger partial charge in [0.1, 0.15) is 17.2 Å². The first-order valence-electron chi connectivity index (χ1n) is 13.7. The number of fused-ring (bicyclic) bond motifs is 2. The molecule has 2 aliphatic rings. The number of nitrogens with zero attached hydrogens (tertiary/aromatic N) is 4. The third-order valence-electron chi connectivity index (χ3n) is 7.32. The molecule has 1 N–H and O–H groups in total. The van der Waals surface area contributed by atoms with Crippen molar-refractivity contribution in [1.29, 1.82) is 0 Å². The summed E-state index contributed by atoms with van der Waals surface area (Å²) < 4.78 is 7.92. The Hall–Kier alpha value is -3.46. The van der Waals surface area contributed by atoms with Gasteiger partial charge in [-0.05, 0) is 55.9 Å². The number of rotatable bonds is 10. The van der Waals surface area contributed by atoms with Crippen LogP contribution in [0.15, 0.2) is 42.7 Å². The van der Waals surface area contributed by atoms with Crippen LogP contribution < -0.4 is 15.0 Å². The molecule has 1 aromatic carbocycles. The molecule has 3 aromatic rings. The van der Waals surface area contributed by atoms with Gasteiger partial charge in [0, 0.05) is 36.7 Å². The fraction of sp³-hybridized carbons (Fsp3) is 0.467. The van der Waals surface area contributed by atoms with Gasteiger partial charge in [0.15, 0.2) is 10.9 Å². The monoisotopic (exact) mass is 547 g/mol. The zero-order chi connectivity index (χ0) is 27.7. The molecule has 0 radical (unpaired) electrons. The Morgan fingerprint density at radius 3 is 2.85 bits per heavy atom. The average molecular weight is 548 g/mol. The van der Waals surface area contributed by atoms with Crippen molar-refractivity contribution >= 4 is 33.8 Å². The van der Waals surface area contributed by atoms with E-state index in [-0.39, 0.29) is 23.1 Å². The van der Waals surface area contributed by atoms with Gasteiger partial charge >= 0.3 is 0 Å². The lowest BCUT2D eigenvalue weighted by molar-refractivity contribution is -0.116. The van der Waals surface area contributed by atoms with E-state index in [1.165, 1.54) is 11.3 Å². The van der Waals surface area contributed by atoms with Gasteiger partial charge in [-0.1, -0.05) is 44.3 Å². The number of aryl methyl sites for hydroxylation is 1. The highest BCUT2D eigenvalue weighted by Crippen LogP contribution is 2.42. The molecule has 5 rings (SSSR count). The van der Waals surface area contributed by atoms with E-state index >= 15 is 0 Å². The molecule has 0 saturated heterocycles. The number of amides is 1. The van der Waals surface area contributed by atoms with Crippen molar-refractivity contribution in [2.45, 2.75) is 71.9 Å². The van der Waals surface area contributed by atoms with E-state index in [9.17, 15) is 9.59 Å². The highest BCUT2D eigenvalue weighted by atomic mass is 32.1. The van der Waals surface area contributed by atoms with Crippen LogP contribution in [-0.4, -0.2) is 45.1 Å². The second kappa shape index (κ2) is 11.0. The Labute approximate surface area is 234 Å². The SMILES string of the molecule is C=C(C(=O)CCCCCn1cc(-c2ccc3c(c2)N(c2nc4c(s2)C(=O)NC(C)(C)C4)CCO3)cn1)C(C)C. The Bertz CT molecular complexity index is 1400. The zero-order valence-corrected chi connectivity index (χ0v) is 24.1. The molecule has 2 aliphatic heterocycles. The number of carbonyl (C=O) groups is 2. The van der Waals surface area contributed by atoms with Crippen LogP contribution in [-0.2, 0) is 17.8 Å². The number of unbranched alkanes of at least 4 members (excludes halogenated alkanes) is 2. The number of hydrogen-bond acceptors (Lipinski definition) is 7. The summed E-state index contributed by atoms with van der Waals surface area (Å²) in [4.78, 5) is 32.5. The Morgan fingerprint density at radius 2 is 2.05 bits per heavy atom. The molecule has 206 valence electrons. The van der Waals surface area contributed by atoms with Gasteiger partial charge in [0.05, 0.1) is 24.1 Å². The van der Waals surface area contributed by atoms with E-state index in [4.69, 9.17) is 9.72 Å². The molecular formula is C30H37N5O3S. The molecule has 0 aliphatic carbocycles. The quantitative estimate of drug-likeness (QED) is 0.249. The van der Waals surface area contributed by atoms with Crippen LogP contribution in [0, 0.1) is 5.92 Å². The topological polar surface area (TPSA) is 89.4 Å². The van der Waals surface area contributed by atoms with Crippen LogP contribution in [0.4, 0.5) is 10.8 Å². The lowest BCUT2D eigenvalue weighted by Crippen LogP contribution is -2.48. The van der Waals surface area contributed by atoms with Crippen molar-refractivity contribution < 1.29 is 14.3 Å². The summed E-state index contributed by atoms with van der Waals surface area (Å²) in [6.45, 7) is 14.0. The van der Waals surface area contributed by atoms with Gasteiger partial charge in [0.2, 0.25) is 0 Å². The normalized spacial score (nSPS) is 15.9. The van der Waals surface area contributed by atoms with Crippen LogP contribution in [0.25, 0.3) is 11.1 Å². The minimum absolute atomic E-state index is 0.0488. The second-order valence-corrected chi connectivity index (χ2v) is 12.4. The highest BCUT2D eigenvalue weighted by Gasteiger charge is 2.34. The lowest BCUT2D eigenvalue weighted by atomic mass is 9.94. The first-order chi connectivity index (χ1) is 18.6. The summed E-state index contributed by atoms with van der Waals surface area (Å²) in [5, 5.41) is 8.46. The number of carbonyl (C=O) groups excluding carboxylic acids is 2. The fourth-order valence-electron chi connectivity index (χ4n) is 5.03. The largest absolute Gasteiger partial charge is 0.490 e. The van der Waals surface area contributed by atoms with E-state index in [0.717, 1.165) is 64.8 Å². The molecule has 0 bridgehead atoms. The van der Waals surface area contributed by atoms with Gasteiger partial charge in [0.25, 0.3) is 5.91 Å². The number of ketones is 1. The first kappa shape index (κ1) is 27.1. The molecule has 2 aromatic heterocycles. The number of allylic oxidation sites excluding steroid dienone is 1. The minimum atomic E-state index is -0.300. The second-order valence-electron chi connectivity index (χ2n) is 11.4. The summed E-state index contributed by atoms with van der Waals surface area (Å²) in [5.41, 5.74) is 4.32. The first-order valence-corrected chi connectivity index (χ1v) is 14.5. The molecule has 0 spiro atoms. The molecular weight excluding hydrogens is 510 g/mol. The van der Waals surface area contributed by atoms with Gasteiger partial charge < -0.3 is 15.0 Å². The number of aromatic nitrogens is 3. The minimum Gasteiger partial charge on any atom is -0.490 e. The van der Waals surface area contributed by atoms with Gasteiger partial charge in [-0.3, -0.25) is 14.3 Å². The molecule has 0 fully saturated rings. The molecule has 39 heavy (non-hydrogen) atoms. The van der Waals surface area contributed by atoms with E-state index < -0.39 is 0 Å². The molecule has 9 heteroatoms. The van der Waals surface area contributed by atoms with E-state index in [0.29, 0.717) is 30.9 Å². The summed E-state index contributed by atoms with van der Waals surface area (Å²) >= 11 is 1.44. The van der Waals surface area contributed by atoms with Crippen molar-refractivity contribution in [2.24, 2.45) is 5.92 Å². The van der Waals surface area contributed by atoms with E-state index in [1.54, 1.807) is 0 Å². The van der Waals surface area contributed by atoms with E-state index in [1.807, 2.05) is 44.6 Å². The van der Waals surface area contributed by atoms with Crippen molar-refractivity contribution in [1.82, 2.24) is 20.1 Å². The van der Waals surface area contributed by atoms with Crippen LogP contribution in [0.2, 0.25) is 0 Å². The summed E-state index contributed by atoms with van der Waals surface area (Å²) in [6.07, 6.45) is 8.05. The van der Waals surface area contributed by atoms with Gasteiger partial charge in [-0.2, -0.15) is 5.10 Å². The predicted octanol–water partition coefficient (Wildman–Crippen LogP) is 5.94. The van der Waals surface area contributed by atoms with Gasteiger partial charge in [-0.15, -0.1) is 0 Å². The molecule has 0 unspecified atom stereocenters. The average Bonchev–Trinajstić information content (AvgIpc) is 3.54. The third-order valence-corrected chi connectivity index (χ3v) is 8.44. The predicted molar refractivity (Wildman–Crippen MR) is 155 cm³/mol. The lowest BCUT2D eigenvalue weighted by Gasteiger charge is -2.29. The molecule has 1 amide bonds. The van der Waals surface area contributed by atoms with Crippen molar-refractivity contribution in [2.75, 3.05) is 18.1 Å². The highest BCUT2D eigenvalue weighted by molar-refractivity contribution is 7.17. The number of benzene rings is 1. The standard InChI is InChI=1S/C30H37N5O3S/c1-19(2)20(3)25(36)9-7-6-8-12-34-18-22(17-31-34)21-10-11-26-24(15-21)35(13-14-38-26)29-32-23-16-30(4,5)33-28(37)27(23)39-29/h10-11,15,17-19H,3,6-9,12-14,16H2,1-2,4-5H3,(H,33,37). The van der Waals surface area contributed by atoms with Gasteiger partial charge in [-0.25, -0.2) is 4.98 Å². The van der Waals surface area contributed by atoms with E-state index in [2.05, 4.69) is 40.2 Å². The smallest absolute Gasteiger partial charge is 0.263 e. The number of ether oxygens (including phenoxy) is 1. The van der Waals surface area contributed by atoms with Crippen LogP contribution in [0.3, 0.4) is 0 Å². The molecule has 8 nitrogen and oxygen atoms in total. The molecule has 0 saturated carbocycles. The van der Waals surface area contributed by atoms with Crippen molar-refractivity contribution in [3.63, 3.8) is 0 Å². The number of anilines is 2. The third kappa shape index (κ3) is 5.93. The van der Waals surface area contributed by atoms with Crippen LogP contribution in [0.1, 0.15) is 68.7 Å². The number of hydrogen-bond donors (Lipinski definition) is 1. The number of nitrogens with one attached hydrogen (secondary N) is 1. The summed E-state index contributed by atoms with van der Waals surface area (Å²) in [7, 11) is 0. The fourth-order valence-corrected chi connectivity index (χ4v) is 6.05. The maximum absolute atomic E-state index is 12.7. The molecule has 4 heterocycles. The van der Waals surface area contributed by atoms with Crippen molar-refractivity contribution in [3.8, 4) is 16.9 Å². The Morgan fingerprint density at radius 1 is 1.23 bits per heavy atom. The number of Topliss-reactive ketones (excluding diaryl/α,β-unsaturated/α-hetero) is 1.